The molecule has 1 fully saturated rings. The van der Waals surface area contributed by atoms with Gasteiger partial charge in [-0.2, -0.15) is 0 Å². The Morgan fingerprint density at radius 1 is 1.14 bits per heavy atom. The number of carbonyl (C=O) groups excluding carboxylic acids is 1. The van der Waals surface area contributed by atoms with E-state index >= 15 is 0 Å². The molecule has 0 radical (unpaired) electrons. The van der Waals surface area contributed by atoms with Gasteiger partial charge in [0.15, 0.2) is 0 Å². The molecule has 2 aliphatic rings. The number of hydrogen-bond acceptors (Lipinski definition) is 4. The average molecular weight is 425 g/mol. The predicted molar refractivity (Wildman–Crippen MR) is 124 cm³/mol. The molecule has 152 valence electrons. The fourth-order valence-corrected chi connectivity index (χ4v) is 7.41. The summed E-state index contributed by atoms with van der Waals surface area (Å²) in [5, 5.41) is 5.41. The van der Waals surface area contributed by atoms with E-state index in [0.29, 0.717) is 12.3 Å². The quantitative estimate of drug-likeness (QED) is 0.487. The van der Waals surface area contributed by atoms with Gasteiger partial charge in [-0.3, -0.25) is 4.79 Å². The van der Waals surface area contributed by atoms with Crippen molar-refractivity contribution in [2.24, 2.45) is 11.8 Å². The minimum absolute atomic E-state index is 0.186. The van der Waals surface area contributed by atoms with Gasteiger partial charge in [-0.15, -0.1) is 22.7 Å². The summed E-state index contributed by atoms with van der Waals surface area (Å²) in [6.45, 7) is 2.33. The second-order valence-corrected chi connectivity index (χ2v) is 10.9. The molecular weight excluding hydrogens is 396 g/mol. The first-order valence-electron chi connectivity index (χ1n) is 11.0. The highest BCUT2D eigenvalue weighted by Crippen LogP contribution is 2.47. The van der Waals surface area contributed by atoms with Gasteiger partial charge in [-0.25, -0.2) is 4.98 Å². The van der Waals surface area contributed by atoms with Crippen molar-refractivity contribution in [1.29, 1.82) is 0 Å². The molecule has 0 saturated heterocycles. The van der Waals surface area contributed by atoms with Crippen molar-refractivity contribution in [3.63, 3.8) is 0 Å². The monoisotopic (exact) mass is 424 g/mol. The van der Waals surface area contributed by atoms with Gasteiger partial charge in [0.25, 0.3) is 0 Å². The number of hydrogen-bond donors (Lipinski definition) is 1. The Hall–Kier alpha value is -1.72. The Morgan fingerprint density at radius 2 is 1.97 bits per heavy atom. The lowest BCUT2D eigenvalue weighted by atomic mass is 9.87. The molecule has 2 heterocycles. The van der Waals surface area contributed by atoms with Crippen molar-refractivity contribution in [3.05, 3.63) is 34.7 Å². The molecule has 3 nitrogen and oxygen atoms in total. The summed E-state index contributed by atoms with van der Waals surface area (Å²) < 4.78 is 1.21. The van der Waals surface area contributed by atoms with E-state index in [1.165, 1.54) is 59.2 Å². The SMILES string of the molecule is CC1CCc2c(sc(NC(=O)CC3CCCCC3)c2-c2nc3ccccc3s2)C1. The summed E-state index contributed by atoms with van der Waals surface area (Å²) >= 11 is 3.55. The van der Waals surface area contributed by atoms with Crippen LogP contribution in [-0.2, 0) is 17.6 Å². The Morgan fingerprint density at radius 3 is 2.79 bits per heavy atom. The topological polar surface area (TPSA) is 42.0 Å². The summed E-state index contributed by atoms with van der Waals surface area (Å²) in [5.74, 6) is 1.46. The number of fused-ring (bicyclic) bond motifs is 2. The van der Waals surface area contributed by atoms with Gasteiger partial charge in [0, 0.05) is 16.9 Å². The number of thiophene rings is 1. The number of amides is 1. The summed E-state index contributed by atoms with van der Waals surface area (Å²) in [5.41, 5.74) is 3.69. The maximum atomic E-state index is 12.9. The minimum Gasteiger partial charge on any atom is -0.317 e. The third-order valence-electron chi connectivity index (χ3n) is 6.47. The van der Waals surface area contributed by atoms with Gasteiger partial charge in [0.2, 0.25) is 5.91 Å². The lowest BCUT2D eigenvalue weighted by molar-refractivity contribution is -0.117. The van der Waals surface area contributed by atoms with Crippen molar-refractivity contribution in [2.45, 2.75) is 64.7 Å². The Kier molecular flexibility index (Phi) is 5.44. The molecule has 1 saturated carbocycles. The van der Waals surface area contributed by atoms with Crippen LogP contribution < -0.4 is 5.32 Å². The molecule has 0 spiro atoms. The third kappa shape index (κ3) is 3.99. The first-order valence-corrected chi connectivity index (χ1v) is 12.6. The maximum Gasteiger partial charge on any atom is 0.225 e. The van der Waals surface area contributed by atoms with Gasteiger partial charge in [-0.1, -0.05) is 38.3 Å². The van der Waals surface area contributed by atoms with Crippen LogP contribution in [0.4, 0.5) is 5.00 Å². The molecule has 1 amide bonds. The molecule has 5 rings (SSSR count). The van der Waals surface area contributed by atoms with E-state index < -0.39 is 0 Å². The fourth-order valence-electron chi connectivity index (χ4n) is 4.88. The number of anilines is 1. The van der Waals surface area contributed by atoms with Crippen LogP contribution in [0.25, 0.3) is 20.8 Å². The van der Waals surface area contributed by atoms with E-state index in [1.807, 2.05) is 6.07 Å². The number of nitrogens with zero attached hydrogens (tertiary/aromatic N) is 1. The number of thiazole rings is 1. The Balaban J connectivity index is 1.48. The van der Waals surface area contributed by atoms with Crippen LogP contribution in [0.5, 0.6) is 0 Å². The third-order valence-corrected chi connectivity index (χ3v) is 8.69. The minimum atomic E-state index is 0.186. The summed E-state index contributed by atoms with van der Waals surface area (Å²) in [7, 11) is 0. The van der Waals surface area contributed by atoms with E-state index in [0.717, 1.165) is 34.3 Å². The first kappa shape index (κ1) is 19.3. The first-order chi connectivity index (χ1) is 14.2. The Bertz CT molecular complexity index is 996. The number of para-hydroxylation sites is 1. The van der Waals surface area contributed by atoms with Gasteiger partial charge in [0.05, 0.1) is 10.2 Å². The van der Waals surface area contributed by atoms with E-state index in [-0.39, 0.29) is 5.91 Å². The summed E-state index contributed by atoms with van der Waals surface area (Å²) in [6.07, 6.45) is 10.4. The van der Waals surface area contributed by atoms with Crippen molar-refractivity contribution in [3.8, 4) is 10.6 Å². The standard InChI is InChI=1S/C24H28N2OS2/c1-15-11-12-17-20(13-15)29-24(26-21(27)14-16-7-3-2-4-8-16)22(17)23-25-18-9-5-6-10-19(18)28-23/h5-6,9-10,15-16H,2-4,7-8,11-14H2,1H3,(H,26,27). The highest BCUT2D eigenvalue weighted by molar-refractivity contribution is 7.22. The number of rotatable bonds is 4. The molecular formula is C24H28N2OS2. The summed E-state index contributed by atoms with van der Waals surface area (Å²) in [6, 6.07) is 8.33. The highest BCUT2D eigenvalue weighted by atomic mass is 32.1. The molecule has 0 aliphatic heterocycles. The zero-order chi connectivity index (χ0) is 19.8. The van der Waals surface area contributed by atoms with Crippen molar-refractivity contribution in [1.82, 2.24) is 4.98 Å². The van der Waals surface area contributed by atoms with E-state index in [9.17, 15) is 4.79 Å². The second-order valence-electron chi connectivity index (χ2n) is 8.80. The Labute approximate surface area is 180 Å². The molecule has 1 aromatic carbocycles. The van der Waals surface area contributed by atoms with Gasteiger partial charge >= 0.3 is 0 Å². The molecule has 2 aromatic heterocycles. The maximum absolute atomic E-state index is 12.9. The lowest BCUT2D eigenvalue weighted by Crippen LogP contribution is -2.18. The van der Waals surface area contributed by atoms with Crippen LogP contribution >= 0.6 is 22.7 Å². The zero-order valence-corrected chi connectivity index (χ0v) is 18.6. The molecule has 1 N–H and O–H groups in total. The number of benzene rings is 1. The van der Waals surface area contributed by atoms with Gasteiger partial charge in [0.1, 0.15) is 10.0 Å². The number of carbonyl (C=O) groups is 1. The van der Waals surface area contributed by atoms with Crippen LogP contribution in [0.1, 0.15) is 62.3 Å². The molecule has 0 bridgehead atoms. The molecule has 29 heavy (non-hydrogen) atoms. The molecule has 2 aliphatic carbocycles. The van der Waals surface area contributed by atoms with E-state index in [4.69, 9.17) is 4.98 Å². The lowest BCUT2D eigenvalue weighted by Gasteiger charge is -2.20. The van der Waals surface area contributed by atoms with Crippen molar-refractivity contribution in [2.75, 3.05) is 5.32 Å². The number of aromatic nitrogens is 1. The van der Waals surface area contributed by atoms with Gasteiger partial charge in [-0.05, 0) is 61.6 Å². The highest BCUT2D eigenvalue weighted by Gasteiger charge is 2.28. The predicted octanol–water partition coefficient (Wildman–Crippen LogP) is 7.06. The largest absolute Gasteiger partial charge is 0.317 e. The van der Waals surface area contributed by atoms with Crippen LogP contribution in [0.15, 0.2) is 24.3 Å². The van der Waals surface area contributed by atoms with Gasteiger partial charge < -0.3 is 5.32 Å². The second kappa shape index (κ2) is 8.19. The fraction of sp³-hybridized carbons (Fsp3) is 0.500. The van der Waals surface area contributed by atoms with Crippen LogP contribution in [0.2, 0.25) is 0 Å². The normalized spacial score (nSPS) is 20.0. The van der Waals surface area contributed by atoms with E-state index in [1.54, 1.807) is 22.7 Å². The van der Waals surface area contributed by atoms with Crippen LogP contribution in [-0.4, -0.2) is 10.9 Å². The smallest absolute Gasteiger partial charge is 0.225 e. The molecule has 1 atom stereocenters. The molecule has 1 unspecified atom stereocenters. The molecule has 5 heteroatoms. The van der Waals surface area contributed by atoms with Crippen molar-refractivity contribution >= 4 is 43.8 Å². The van der Waals surface area contributed by atoms with E-state index in [2.05, 4.69) is 30.4 Å². The van der Waals surface area contributed by atoms with Crippen LogP contribution in [0.3, 0.4) is 0 Å². The average Bonchev–Trinajstić information content (AvgIpc) is 3.28. The summed E-state index contributed by atoms with van der Waals surface area (Å²) in [4.78, 5) is 19.3. The molecule has 3 aromatic rings. The zero-order valence-electron chi connectivity index (χ0n) is 17.0. The van der Waals surface area contributed by atoms with Crippen LogP contribution in [0, 0.1) is 11.8 Å². The van der Waals surface area contributed by atoms with Crippen molar-refractivity contribution < 1.29 is 4.79 Å². The number of nitrogens with one attached hydrogen (secondary N) is 1.